The molecule has 0 aliphatic carbocycles. The average Bonchev–Trinajstić information content (AvgIpc) is 2.50. The molecule has 0 spiro atoms. The third-order valence-electron chi connectivity index (χ3n) is 3.41. The molecular weight excluding hydrogens is 464 g/mol. The molecule has 1 aliphatic rings. The zero-order valence-corrected chi connectivity index (χ0v) is 16.1. The van der Waals surface area contributed by atoms with Gasteiger partial charge in [-0.2, -0.15) is 0 Å². The van der Waals surface area contributed by atoms with Crippen molar-refractivity contribution in [3.63, 3.8) is 0 Å². The molecule has 2 aromatic carbocycles. The largest absolute Gasteiger partial charge is 0.486 e. The molecule has 2 nitrogen and oxygen atoms in total. The van der Waals surface area contributed by atoms with Crippen LogP contribution in [0, 0.1) is 6.92 Å². The number of aryl methyl sites for hydroxylation is 1. The quantitative estimate of drug-likeness (QED) is 0.512. The molecule has 3 rings (SSSR count). The summed E-state index contributed by atoms with van der Waals surface area (Å²) >= 11 is 11.0. The normalized spacial score (nSPS) is 14.9. The van der Waals surface area contributed by atoms with Gasteiger partial charge in [0.25, 0.3) is 0 Å². The molecule has 1 aliphatic heterocycles. The van der Waals surface area contributed by atoms with Gasteiger partial charge in [-0.25, -0.2) is 0 Å². The number of benzene rings is 2. The van der Waals surface area contributed by atoms with Crippen molar-refractivity contribution in [3.05, 3.63) is 56.0 Å². The van der Waals surface area contributed by atoms with Crippen molar-refractivity contribution in [2.24, 2.45) is 0 Å². The average molecular weight is 477 g/mol. The van der Waals surface area contributed by atoms with E-state index in [-0.39, 0.29) is 4.83 Å². The van der Waals surface area contributed by atoms with Crippen LogP contribution in [0.5, 0.6) is 11.5 Å². The van der Waals surface area contributed by atoms with E-state index in [0.717, 1.165) is 26.0 Å². The van der Waals surface area contributed by atoms with Crippen LogP contribution in [-0.4, -0.2) is 13.2 Å². The fraction of sp³-hybridized carbons (Fsp3) is 0.250. The summed E-state index contributed by atoms with van der Waals surface area (Å²) in [5.74, 6) is 1.62. The Kier molecular flexibility index (Phi) is 4.62. The van der Waals surface area contributed by atoms with Crippen LogP contribution in [0.1, 0.15) is 21.5 Å². The van der Waals surface area contributed by atoms with E-state index >= 15 is 0 Å². The smallest absolute Gasteiger partial charge is 0.161 e. The zero-order chi connectivity index (χ0) is 15.0. The lowest BCUT2D eigenvalue weighted by Crippen LogP contribution is -2.15. The summed E-state index contributed by atoms with van der Waals surface area (Å²) < 4.78 is 13.4. The van der Waals surface area contributed by atoms with Gasteiger partial charge in [0.2, 0.25) is 0 Å². The summed E-state index contributed by atoms with van der Waals surface area (Å²) in [5.41, 5.74) is 3.51. The third-order valence-corrected chi connectivity index (χ3v) is 5.97. The highest BCUT2D eigenvalue weighted by atomic mass is 79.9. The van der Waals surface area contributed by atoms with Gasteiger partial charge in [-0.3, -0.25) is 0 Å². The van der Waals surface area contributed by atoms with Gasteiger partial charge in [0.15, 0.2) is 11.5 Å². The van der Waals surface area contributed by atoms with E-state index in [4.69, 9.17) is 9.47 Å². The van der Waals surface area contributed by atoms with Gasteiger partial charge in [-0.1, -0.05) is 53.9 Å². The fourth-order valence-corrected chi connectivity index (χ4v) is 4.27. The molecule has 0 aromatic heterocycles. The molecule has 21 heavy (non-hydrogen) atoms. The Labute approximate surface area is 149 Å². The Balaban J connectivity index is 1.98. The molecule has 2 aromatic rings. The van der Waals surface area contributed by atoms with Gasteiger partial charge < -0.3 is 9.47 Å². The molecule has 0 amide bonds. The summed E-state index contributed by atoms with van der Waals surface area (Å²) in [6.45, 7) is 3.29. The van der Waals surface area contributed by atoms with Crippen LogP contribution in [0.3, 0.4) is 0 Å². The lowest BCUT2D eigenvalue weighted by Gasteiger charge is -2.21. The number of hydrogen-bond donors (Lipinski definition) is 0. The van der Waals surface area contributed by atoms with Gasteiger partial charge in [0.1, 0.15) is 13.2 Å². The minimum Gasteiger partial charge on any atom is -0.486 e. The van der Waals surface area contributed by atoms with E-state index in [1.807, 2.05) is 12.1 Å². The second-order valence-corrected chi connectivity index (χ2v) is 7.51. The molecule has 0 fully saturated rings. The van der Waals surface area contributed by atoms with Crippen LogP contribution in [-0.2, 0) is 0 Å². The van der Waals surface area contributed by atoms with Crippen molar-refractivity contribution >= 4 is 47.8 Å². The SMILES string of the molecule is Cc1cc(Br)c(C(Br)c2ccc3c(c2)OCCO3)cc1Br. The van der Waals surface area contributed by atoms with Gasteiger partial charge >= 0.3 is 0 Å². The Morgan fingerprint density at radius 3 is 2.43 bits per heavy atom. The first-order valence-electron chi connectivity index (χ1n) is 6.55. The number of alkyl halides is 1. The molecule has 0 bridgehead atoms. The molecule has 1 atom stereocenters. The predicted octanol–water partition coefficient (Wildman–Crippen LogP) is 5.78. The molecule has 0 N–H and O–H groups in total. The maximum atomic E-state index is 5.66. The van der Waals surface area contributed by atoms with Crippen molar-refractivity contribution in [2.75, 3.05) is 13.2 Å². The lowest BCUT2D eigenvalue weighted by molar-refractivity contribution is 0.171. The van der Waals surface area contributed by atoms with Gasteiger partial charge in [0.05, 0.1) is 4.83 Å². The molecule has 0 saturated heterocycles. The van der Waals surface area contributed by atoms with Crippen LogP contribution in [0.4, 0.5) is 0 Å². The van der Waals surface area contributed by atoms with Crippen LogP contribution in [0.25, 0.3) is 0 Å². The second-order valence-electron chi connectivity index (χ2n) is 4.89. The van der Waals surface area contributed by atoms with Gasteiger partial charge in [-0.05, 0) is 47.9 Å². The molecular formula is C16H13Br3O2. The van der Waals surface area contributed by atoms with Crippen LogP contribution in [0.15, 0.2) is 39.3 Å². The second kappa shape index (κ2) is 6.31. The summed E-state index contributed by atoms with van der Waals surface area (Å²) in [7, 11) is 0. The first-order valence-corrected chi connectivity index (χ1v) is 9.05. The maximum Gasteiger partial charge on any atom is 0.161 e. The highest BCUT2D eigenvalue weighted by Gasteiger charge is 2.19. The van der Waals surface area contributed by atoms with Crippen LogP contribution < -0.4 is 9.47 Å². The summed E-state index contributed by atoms with van der Waals surface area (Å²) in [5, 5.41) is 0. The summed E-state index contributed by atoms with van der Waals surface area (Å²) in [6, 6.07) is 10.3. The maximum absolute atomic E-state index is 5.66. The van der Waals surface area contributed by atoms with E-state index < -0.39 is 0 Å². The molecule has 5 heteroatoms. The zero-order valence-electron chi connectivity index (χ0n) is 11.3. The van der Waals surface area contributed by atoms with E-state index in [1.54, 1.807) is 0 Å². The Bertz CT molecular complexity index is 685. The minimum absolute atomic E-state index is 0.0830. The third kappa shape index (κ3) is 3.15. The molecule has 1 unspecified atom stereocenters. The fourth-order valence-electron chi connectivity index (χ4n) is 2.25. The molecule has 0 radical (unpaired) electrons. The summed E-state index contributed by atoms with van der Waals surface area (Å²) in [6.07, 6.45) is 0. The van der Waals surface area contributed by atoms with Crippen molar-refractivity contribution in [1.29, 1.82) is 0 Å². The van der Waals surface area contributed by atoms with E-state index in [0.29, 0.717) is 13.2 Å². The predicted molar refractivity (Wildman–Crippen MR) is 94.8 cm³/mol. The standard InChI is InChI=1S/C16H13Br3O2/c1-9-6-13(18)11(8-12(9)17)16(19)10-2-3-14-15(7-10)21-5-4-20-14/h2-3,6-8,16H,4-5H2,1H3. The first-order chi connectivity index (χ1) is 10.1. The first kappa shape index (κ1) is 15.4. The van der Waals surface area contributed by atoms with Crippen molar-refractivity contribution in [1.82, 2.24) is 0 Å². The van der Waals surface area contributed by atoms with Crippen LogP contribution in [0.2, 0.25) is 0 Å². The Morgan fingerprint density at radius 1 is 0.952 bits per heavy atom. The Hall–Kier alpha value is -0.520. The van der Waals surface area contributed by atoms with E-state index in [2.05, 4.69) is 72.9 Å². The number of halogens is 3. The topological polar surface area (TPSA) is 18.5 Å². The number of hydrogen-bond acceptors (Lipinski definition) is 2. The van der Waals surface area contributed by atoms with Gasteiger partial charge in [0, 0.05) is 8.95 Å². The lowest BCUT2D eigenvalue weighted by atomic mass is 10.0. The monoisotopic (exact) mass is 474 g/mol. The van der Waals surface area contributed by atoms with Crippen molar-refractivity contribution in [3.8, 4) is 11.5 Å². The molecule has 0 saturated carbocycles. The van der Waals surface area contributed by atoms with E-state index in [9.17, 15) is 0 Å². The molecule has 110 valence electrons. The minimum atomic E-state index is 0.0830. The summed E-state index contributed by atoms with van der Waals surface area (Å²) in [4.78, 5) is 0.0830. The van der Waals surface area contributed by atoms with Crippen LogP contribution >= 0.6 is 47.8 Å². The number of ether oxygens (including phenoxy) is 2. The number of fused-ring (bicyclic) bond motifs is 1. The van der Waals surface area contributed by atoms with Gasteiger partial charge in [-0.15, -0.1) is 0 Å². The van der Waals surface area contributed by atoms with Crippen molar-refractivity contribution in [2.45, 2.75) is 11.8 Å². The van der Waals surface area contributed by atoms with E-state index in [1.165, 1.54) is 11.1 Å². The molecule has 1 heterocycles. The highest BCUT2D eigenvalue weighted by Crippen LogP contribution is 2.41. The number of rotatable bonds is 2. The highest BCUT2D eigenvalue weighted by molar-refractivity contribution is 9.11. The Morgan fingerprint density at radius 2 is 1.67 bits per heavy atom. The van der Waals surface area contributed by atoms with Crippen molar-refractivity contribution < 1.29 is 9.47 Å².